The van der Waals surface area contributed by atoms with Gasteiger partial charge in [0.1, 0.15) is 22.9 Å². The number of amides is 1. The van der Waals surface area contributed by atoms with Crippen LogP contribution in [0.4, 0.5) is 14.7 Å². The van der Waals surface area contributed by atoms with Crippen molar-refractivity contribution in [2.24, 2.45) is 0 Å². The van der Waals surface area contributed by atoms with E-state index in [0.29, 0.717) is 61.2 Å². The second-order valence-corrected chi connectivity index (χ2v) is 8.50. The van der Waals surface area contributed by atoms with Crippen LogP contribution < -0.4 is 9.64 Å². The molecule has 1 spiro atoms. The van der Waals surface area contributed by atoms with Gasteiger partial charge < -0.3 is 19.3 Å². The fraction of sp³-hybridized carbons (Fsp3) is 0.476. The second kappa shape index (κ2) is 7.56. The van der Waals surface area contributed by atoms with Crippen LogP contribution in [0.15, 0.2) is 24.4 Å². The smallest absolute Gasteiger partial charge is 0.257 e. The molecule has 10 heteroatoms. The highest BCUT2D eigenvalue weighted by Gasteiger charge is 2.58. The van der Waals surface area contributed by atoms with Crippen LogP contribution in [0.3, 0.4) is 0 Å². The lowest BCUT2D eigenvalue weighted by Gasteiger charge is -2.37. The minimum Gasteiger partial charge on any atom is -0.480 e. The van der Waals surface area contributed by atoms with Gasteiger partial charge >= 0.3 is 0 Å². The van der Waals surface area contributed by atoms with Crippen molar-refractivity contribution >= 4 is 23.5 Å². The molecule has 7 nitrogen and oxygen atoms in total. The van der Waals surface area contributed by atoms with E-state index in [9.17, 15) is 13.6 Å². The Labute approximate surface area is 182 Å². The SMILES string of the molecule is COc1nc(N2CCC3(CC2)O[C@@H]2CC[C@@H](c4cc(F)cc(F)c4)N2C3=O)ncc1Cl. The molecular weight excluding hydrogens is 430 g/mol. The maximum atomic E-state index is 13.7. The number of anilines is 1. The van der Waals surface area contributed by atoms with Gasteiger partial charge in [-0.3, -0.25) is 4.79 Å². The number of fused-ring (bicyclic) bond motifs is 1. The molecule has 164 valence electrons. The molecule has 2 aromatic rings. The summed E-state index contributed by atoms with van der Waals surface area (Å²) < 4.78 is 38.9. The molecule has 0 radical (unpaired) electrons. The maximum Gasteiger partial charge on any atom is 0.257 e. The third-order valence-corrected chi connectivity index (χ3v) is 6.59. The van der Waals surface area contributed by atoms with Crippen molar-refractivity contribution < 1.29 is 23.0 Å². The molecule has 1 aromatic carbocycles. The molecule has 0 unspecified atom stereocenters. The van der Waals surface area contributed by atoms with E-state index in [2.05, 4.69) is 9.97 Å². The average molecular weight is 451 g/mol. The number of halogens is 3. The number of nitrogens with zero attached hydrogens (tertiary/aromatic N) is 4. The van der Waals surface area contributed by atoms with E-state index >= 15 is 0 Å². The van der Waals surface area contributed by atoms with Gasteiger partial charge in [0.05, 0.1) is 19.3 Å². The van der Waals surface area contributed by atoms with E-state index in [1.54, 1.807) is 4.90 Å². The monoisotopic (exact) mass is 450 g/mol. The Hall–Kier alpha value is -2.52. The number of aromatic nitrogens is 2. The standard InChI is InChI=1S/C21H21ClF2N4O3/c1-30-18-15(22)11-25-20(26-18)27-6-4-21(5-7-27)19(29)28-16(2-3-17(28)31-21)12-8-13(23)10-14(24)9-12/h8-11,16-17H,2-7H2,1H3/t16-,17+/m0/s1. The Bertz CT molecular complexity index is 1010. The molecule has 0 saturated carbocycles. The highest BCUT2D eigenvalue weighted by molar-refractivity contribution is 6.31. The van der Waals surface area contributed by atoms with Gasteiger partial charge in [-0.25, -0.2) is 13.8 Å². The number of benzene rings is 1. The quantitative estimate of drug-likeness (QED) is 0.713. The highest BCUT2D eigenvalue weighted by atomic mass is 35.5. The topological polar surface area (TPSA) is 67.8 Å². The molecule has 1 amide bonds. The molecule has 3 fully saturated rings. The maximum absolute atomic E-state index is 13.7. The van der Waals surface area contributed by atoms with E-state index in [1.807, 2.05) is 4.90 Å². The molecule has 0 N–H and O–H groups in total. The molecule has 4 heterocycles. The number of hydrogen-bond donors (Lipinski definition) is 0. The van der Waals surface area contributed by atoms with Gasteiger partial charge in [-0.15, -0.1) is 0 Å². The lowest BCUT2D eigenvalue weighted by atomic mass is 9.89. The first-order chi connectivity index (χ1) is 14.9. The van der Waals surface area contributed by atoms with Crippen LogP contribution in [0.5, 0.6) is 5.88 Å². The van der Waals surface area contributed by atoms with Crippen molar-refractivity contribution in [3.05, 3.63) is 46.6 Å². The fourth-order valence-corrected chi connectivity index (χ4v) is 5.01. The summed E-state index contributed by atoms with van der Waals surface area (Å²) in [5, 5.41) is 0.328. The number of rotatable bonds is 3. The molecule has 0 aliphatic carbocycles. The Kier molecular flexibility index (Phi) is 4.97. The third-order valence-electron chi connectivity index (χ3n) is 6.34. The summed E-state index contributed by atoms with van der Waals surface area (Å²) in [6.45, 7) is 1.05. The highest BCUT2D eigenvalue weighted by Crippen LogP contribution is 2.48. The summed E-state index contributed by atoms with van der Waals surface area (Å²) >= 11 is 6.01. The van der Waals surface area contributed by atoms with Crippen molar-refractivity contribution in [1.29, 1.82) is 0 Å². The zero-order valence-corrected chi connectivity index (χ0v) is 17.6. The molecule has 31 heavy (non-hydrogen) atoms. The first-order valence-corrected chi connectivity index (χ1v) is 10.6. The molecular formula is C21H21ClF2N4O3. The van der Waals surface area contributed by atoms with Crippen LogP contribution >= 0.6 is 11.6 Å². The number of hydrogen-bond acceptors (Lipinski definition) is 6. The minimum absolute atomic E-state index is 0.112. The van der Waals surface area contributed by atoms with E-state index in [1.165, 1.54) is 25.4 Å². The number of ether oxygens (including phenoxy) is 2. The predicted octanol–water partition coefficient (Wildman–Crippen LogP) is 3.48. The van der Waals surface area contributed by atoms with Crippen molar-refractivity contribution in [1.82, 2.24) is 14.9 Å². The number of piperidine rings is 1. The molecule has 3 aliphatic heterocycles. The van der Waals surface area contributed by atoms with Gasteiger partial charge in [0.2, 0.25) is 11.8 Å². The minimum atomic E-state index is -0.928. The Morgan fingerprint density at radius 3 is 2.58 bits per heavy atom. The zero-order valence-electron chi connectivity index (χ0n) is 16.9. The van der Waals surface area contributed by atoms with Gasteiger partial charge in [-0.1, -0.05) is 11.6 Å². The normalized spacial score (nSPS) is 24.7. The first-order valence-electron chi connectivity index (χ1n) is 10.2. The number of methoxy groups -OCH3 is 1. The van der Waals surface area contributed by atoms with Crippen molar-refractivity contribution in [3.8, 4) is 5.88 Å². The van der Waals surface area contributed by atoms with E-state index < -0.39 is 17.2 Å². The molecule has 3 aliphatic rings. The molecule has 3 saturated heterocycles. The van der Waals surface area contributed by atoms with Gasteiger partial charge in [-0.2, -0.15) is 4.98 Å². The lowest BCUT2D eigenvalue weighted by Crippen LogP contribution is -2.50. The Balaban J connectivity index is 1.33. The van der Waals surface area contributed by atoms with E-state index in [0.717, 1.165) is 6.07 Å². The zero-order chi connectivity index (χ0) is 21.8. The van der Waals surface area contributed by atoms with E-state index in [4.69, 9.17) is 21.1 Å². The van der Waals surface area contributed by atoms with Gasteiger partial charge in [-0.05, 0) is 30.5 Å². The Morgan fingerprint density at radius 1 is 1.19 bits per heavy atom. The summed E-state index contributed by atoms with van der Waals surface area (Å²) in [7, 11) is 1.49. The first kappa shape index (κ1) is 20.4. The second-order valence-electron chi connectivity index (χ2n) is 8.09. The van der Waals surface area contributed by atoms with Crippen LogP contribution in [0, 0.1) is 11.6 Å². The van der Waals surface area contributed by atoms with Gasteiger partial charge in [0.15, 0.2) is 5.60 Å². The van der Waals surface area contributed by atoms with Gasteiger partial charge in [0.25, 0.3) is 5.91 Å². The summed E-state index contributed by atoms with van der Waals surface area (Å²) in [6.07, 6.45) is 3.30. The molecule has 1 aromatic heterocycles. The number of carbonyl (C=O) groups excluding carboxylic acids is 1. The predicted molar refractivity (Wildman–Crippen MR) is 108 cm³/mol. The molecule has 5 rings (SSSR count). The van der Waals surface area contributed by atoms with Crippen LogP contribution in [0.1, 0.15) is 37.3 Å². The van der Waals surface area contributed by atoms with Crippen LogP contribution in [0.2, 0.25) is 5.02 Å². The molecule has 2 atom stereocenters. The van der Waals surface area contributed by atoms with Crippen molar-refractivity contribution in [3.63, 3.8) is 0 Å². The van der Waals surface area contributed by atoms with Crippen LogP contribution in [-0.2, 0) is 9.53 Å². The summed E-state index contributed by atoms with van der Waals surface area (Å²) in [5.41, 5.74) is -0.463. The van der Waals surface area contributed by atoms with Crippen LogP contribution in [0.25, 0.3) is 0 Å². The fourth-order valence-electron chi connectivity index (χ4n) is 4.85. The summed E-state index contributed by atoms with van der Waals surface area (Å²) in [6, 6.07) is 3.04. The largest absolute Gasteiger partial charge is 0.480 e. The lowest BCUT2D eigenvalue weighted by molar-refractivity contribution is -0.140. The van der Waals surface area contributed by atoms with Crippen LogP contribution in [-0.4, -0.2) is 52.8 Å². The average Bonchev–Trinajstić information content (AvgIpc) is 3.27. The summed E-state index contributed by atoms with van der Waals surface area (Å²) in [5.74, 6) is -0.625. The van der Waals surface area contributed by atoms with Gasteiger partial charge in [0, 0.05) is 32.0 Å². The van der Waals surface area contributed by atoms with Crippen molar-refractivity contribution in [2.75, 3.05) is 25.1 Å². The molecule has 0 bridgehead atoms. The number of carbonyl (C=O) groups is 1. The Morgan fingerprint density at radius 2 is 1.90 bits per heavy atom. The van der Waals surface area contributed by atoms with Crippen molar-refractivity contribution in [2.45, 2.75) is 43.6 Å². The van der Waals surface area contributed by atoms with E-state index in [-0.39, 0.29) is 18.2 Å². The third kappa shape index (κ3) is 3.40. The summed E-state index contributed by atoms with van der Waals surface area (Å²) in [4.78, 5) is 25.7.